The topological polar surface area (TPSA) is 15.3 Å². The predicted octanol–water partition coefficient (Wildman–Crippen LogP) is 6.11. The number of halogens is 1. The summed E-state index contributed by atoms with van der Waals surface area (Å²) in [5.41, 5.74) is 8.20. The average Bonchev–Trinajstić information content (AvgIpc) is 3.13. The average molecular weight is 403 g/mol. The molecule has 1 heterocycles. The molecule has 1 atom stereocenters. The molecule has 0 spiro atoms. The van der Waals surface area contributed by atoms with E-state index >= 15 is 0 Å². The zero-order valence-electron chi connectivity index (χ0n) is 14.2. The smallest absolute Gasteiger partial charge is 0.0958 e. The highest BCUT2D eigenvalue weighted by Gasteiger charge is 2.25. The number of hydrogen-bond donors (Lipinski definition) is 1. The van der Waals surface area contributed by atoms with Gasteiger partial charge in [0.2, 0.25) is 0 Å². The molecule has 3 aromatic rings. The van der Waals surface area contributed by atoms with Crippen LogP contribution < -0.4 is 10.4 Å². The predicted molar refractivity (Wildman–Crippen MR) is 112 cm³/mol. The Hall–Kier alpha value is -2.78. The summed E-state index contributed by atoms with van der Waals surface area (Å²) in [5, 5.41) is 2.20. The molecule has 0 radical (unpaired) electrons. The van der Waals surface area contributed by atoms with E-state index in [9.17, 15) is 0 Å². The Morgan fingerprint density at radius 1 is 0.769 bits per heavy atom. The monoisotopic (exact) mass is 402 g/mol. The van der Waals surface area contributed by atoms with E-state index in [0.29, 0.717) is 0 Å². The van der Waals surface area contributed by atoms with Crippen LogP contribution in [-0.4, -0.2) is 0 Å². The fourth-order valence-electron chi connectivity index (χ4n) is 3.06. The first-order valence-corrected chi connectivity index (χ1v) is 9.40. The van der Waals surface area contributed by atoms with Crippen molar-refractivity contribution in [2.24, 2.45) is 0 Å². The first-order chi connectivity index (χ1) is 12.8. The third-order valence-corrected chi connectivity index (χ3v) is 4.89. The molecule has 0 amide bonds. The molecule has 0 bridgehead atoms. The minimum atomic E-state index is 0.146. The van der Waals surface area contributed by atoms with Crippen LogP contribution in [0.1, 0.15) is 17.2 Å². The Labute approximate surface area is 162 Å². The molecule has 3 heteroatoms. The van der Waals surface area contributed by atoms with Gasteiger partial charge in [-0.3, -0.25) is 10.4 Å². The van der Waals surface area contributed by atoms with E-state index in [-0.39, 0.29) is 6.04 Å². The Kier molecular flexibility index (Phi) is 4.89. The maximum atomic E-state index is 3.54. The van der Waals surface area contributed by atoms with Gasteiger partial charge in [-0.2, -0.15) is 0 Å². The minimum absolute atomic E-state index is 0.146. The van der Waals surface area contributed by atoms with Crippen LogP contribution in [0.15, 0.2) is 107 Å². The molecule has 0 aliphatic carbocycles. The Bertz CT molecular complexity index is 915. The lowest BCUT2D eigenvalue weighted by molar-refractivity contribution is 0.709. The lowest BCUT2D eigenvalue weighted by Gasteiger charge is -2.27. The number of benzene rings is 3. The summed E-state index contributed by atoms with van der Waals surface area (Å²) in [4.78, 5) is 0. The summed E-state index contributed by atoms with van der Waals surface area (Å²) in [7, 11) is 0. The van der Waals surface area contributed by atoms with Gasteiger partial charge >= 0.3 is 0 Å². The molecule has 1 aliphatic heterocycles. The molecular weight excluding hydrogens is 384 g/mol. The van der Waals surface area contributed by atoms with E-state index in [2.05, 4.69) is 123 Å². The summed E-state index contributed by atoms with van der Waals surface area (Å²) in [5.74, 6) is 0. The van der Waals surface area contributed by atoms with Crippen LogP contribution in [0.3, 0.4) is 0 Å². The highest BCUT2D eigenvalue weighted by molar-refractivity contribution is 9.10. The molecule has 1 N–H and O–H groups in total. The Balaban J connectivity index is 1.64. The van der Waals surface area contributed by atoms with Crippen molar-refractivity contribution in [3.05, 3.63) is 118 Å². The maximum Gasteiger partial charge on any atom is 0.0958 e. The normalized spacial score (nSPS) is 16.6. The number of rotatable bonds is 4. The molecule has 0 fully saturated rings. The van der Waals surface area contributed by atoms with Crippen molar-refractivity contribution in [3.8, 4) is 0 Å². The number of allylic oxidation sites excluding steroid dienone is 1. The van der Waals surface area contributed by atoms with E-state index in [0.717, 1.165) is 15.9 Å². The van der Waals surface area contributed by atoms with Crippen molar-refractivity contribution in [1.29, 1.82) is 0 Å². The SMILES string of the molecule is Brc1ccc(N2NC(/C=C/c3ccccc3)=C[C@H]2c2ccccc2)cc1. The van der Waals surface area contributed by atoms with Gasteiger partial charge in [0.05, 0.1) is 17.4 Å². The van der Waals surface area contributed by atoms with Crippen molar-refractivity contribution in [3.63, 3.8) is 0 Å². The van der Waals surface area contributed by atoms with Gasteiger partial charge in [-0.25, -0.2) is 0 Å². The first kappa shape index (κ1) is 16.7. The van der Waals surface area contributed by atoms with Crippen LogP contribution >= 0.6 is 15.9 Å². The molecule has 1 aliphatic rings. The lowest BCUT2D eigenvalue weighted by Crippen LogP contribution is -2.33. The second-order valence-corrected chi connectivity index (χ2v) is 7.10. The number of anilines is 1. The van der Waals surface area contributed by atoms with Gasteiger partial charge in [0, 0.05) is 4.47 Å². The van der Waals surface area contributed by atoms with Gasteiger partial charge < -0.3 is 0 Å². The second-order valence-electron chi connectivity index (χ2n) is 6.18. The number of nitrogens with zero attached hydrogens (tertiary/aromatic N) is 1. The van der Waals surface area contributed by atoms with Crippen LogP contribution in [0.25, 0.3) is 6.08 Å². The molecule has 2 nitrogen and oxygen atoms in total. The molecule has 128 valence electrons. The zero-order valence-corrected chi connectivity index (χ0v) is 15.8. The van der Waals surface area contributed by atoms with Crippen molar-refractivity contribution in [1.82, 2.24) is 5.43 Å². The second kappa shape index (κ2) is 7.63. The van der Waals surface area contributed by atoms with Gasteiger partial charge in [-0.05, 0) is 47.5 Å². The van der Waals surface area contributed by atoms with E-state index in [1.807, 2.05) is 6.07 Å². The van der Waals surface area contributed by atoms with Crippen LogP contribution in [-0.2, 0) is 0 Å². The highest BCUT2D eigenvalue weighted by Crippen LogP contribution is 2.32. The quantitative estimate of drug-likeness (QED) is 0.565. The van der Waals surface area contributed by atoms with Crippen LogP contribution in [0, 0.1) is 0 Å². The van der Waals surface area contributed by atoms with Crippen LogP contribution in [0.4, 0.5) is 5.69 Å². The van der Waals surface area contributed by atoms with Gasteiger partial charge in [0.25, 0.3) is 0 Å². The largest absolute Gasteiger partial charge is 0.298 e. The summed E-state index contributed by atoms with van der Waals surface area (Å²) in [6, 6.07) is 29.4. The van der Waals surface area contributed by atoms with Crippen molar-refractivity contribution >= 4 is 27.7 Å². The lowest BCUT2D eigenvalue weighted by atomic mass is 10.1. The van der Waals surface area contributed by atoms with E-state index in [1.54, 1.807) is 0 Å². The molecular formula is C23H19BrN2. The fraction of sp³-hybridized carbons (Fsp3) is 0.0435. The summed E-state index contributed by atoms with van der Waals surface area (Å²) >= 11 is 3.51. The summed E-state index contributed by atoms with van der Waals surface area (Å²) < 4.78 is 1.08. The number of nitrogens with one attached hydrogen (secondary N) is 1. The molecule has 0 saturated carbocycles. The summed E-state index contributed by atoms with van der Waals surface area (Å²) in [6.07, 6.45) is 6.52. The first-order valence-electron chi connectivity index (χ1n) is 8.61. The van der Waals surface area contributed by atoms with Crippen LogP contribution in [0.5, 0.6) is 0 Å². The van der Waals surface area contributed by atoms with E-state index in [4.69, 9.17) is 0 Å². The fourth-order valence-corrected chi connectivity index (χ4v) is 3.32. The van der Waals surface area contributed by atoms with E-state index < -0.39 is 0 Å². The molecule has 3 aromatic carbocycles. The number of hydrazine groups is 1. The molecule has 0 saturated heterocycles. The molecule has 0 unspecified atom stereocenters. The maximum absolute atomic E-state index is 3.54. The third kappa shape index (κ3) is 3.73. The molecule has 4 rings (SSSR count). The van der Waals surface area contributed by atoms with Gasteiger partial charge in [0.1, 0.15) is 0 Å². The van der Waals surface area contributed by atoms with Gasteiger partial charge in [-0.1, -0.05) is 82.7 Å². The molecule has 0 aromatic heterocycles. The Morgan fingerprint density at radius 3 is 2.12 bits per heavy atom. The van der Waals surface area contributed by atoms with Gasteiger partial charge in [-0.15, -0.1) is 0 Å². The Morgan fingerprint density at radius 2 is 1.42 bits per heavy atom. The van der Waals surface area contributed by atoms with Gasteiger partial charge in [0.15, 0.2) is 0 Å². The third-order valence-electron chi connectivity index (χ3n) is 4.37. The standard InChI is InChI=1S/C23H19BrN2/c24-20-12-15-22(16-13-20)26-23(19-9-5-2-6-10-19)17-21(25-26)14-11-18-7-3-1-4-8-18/h1-17,23,25H/b14-11+/t23-/m0/s1. The van der Waals surface area contributed by atoms with Crippen molar-refractivity contribution < 1.29 is 0 Å². The number of hydrogen-bond acceptors (Lipinski definition) is 2. The highest BCUT2D eigenvalue weighted by atomic mass is 79.9. The summed E-state index contributed by atoms with van der Waals surface area (Å²) in [6.45, 7) is 0. The van der Waals surface area contributed by atoms with Crippen LogP contribution in [0.2, 0.25) is 0 Å². The molecule has 26 heavy (non-hydrogen) atoms. The van der Waals surface area contributed by atoms with Crippen molar-refractivity contribution in [2.75, 3.05) is 5.01 Å². The zero-order chi connectivity index (χ0) is 17.8. The minimum Gasteiger partial charge on any atom is -0.298 e. The van der Waals surface area contributed by atoms with Crippen molar-refractivity contribution in [2.45, 2.75) is 6.04 Å². The van der Waals surface area contributed by atoms with E-state index in [1.165, 1.54) is 11.1 Å².